The Bertz CT molecular complexity index is 1340. The molecular weight excluding hydrogens is 446 g/mol. The molecule has 1 aliphatic heterocycles. The maximum Gasteiger partial charge on any atom is 0.339 e. The van der Waals surface area contributed by atoms with Gasteiger partial charge in [-0.2, -0.15) is 0 Å². The van der Waals surface area contributed by atoms with Crippen molar-refractivity contribution in [2.45, 2.75) is 13.0 Å². The first-order valence-electron chi connectivity index (χ1n) is 10.9. The molecule has 1 aliphatic rings. The second-order valence-electron chi connectivity index (χ2n) is 7.99. The minimum atomic E-state index is -1.57. The minimum Gasteiger partial charge on any atom is -0.453 e. The lowest BCUT2D eigenvalue weighted by atomic mass is 9.87. The molecule has 0 radical (unpaired) electrons. The van der Waals surface area contributed by atoms with Crippen LogP contribution in [-0.4, -0.2) is 29.2 Å². The summed E-state index contributed by atoms with van der Waals surface area (Å²) in [5.74, 6) is -5.13. The van der Waals surface area contributed by atoms with Crippen LogP contribution in [0.2, 0.25) is 0 Å². The number of benzene rings is 3. The summed E-state index contributed by atoms with van der Waals surface area (Å²) in [7, 11) is 0. The third kappa shape index (κ3) is 5.14. The maximum atomic E-state index is 13.3. The van der Waals surface area contributed by atoms with E-state index in [1.807, 2.05) is 6.07 Å². The highest BCUT2D eigenvalue weighted by Crippen LogP contribution is 2.37. The lowest BCUT2D eigenvalue weighted by molar-refractivity contribution is -0.143. The van der Waals surface area contributed by atoms with E-state index >= 15 is 0 Å². The van der Waals surface area contributed by atoms with Gasteiger partial charge in [0.15, 0.2) is 11.6 Å². The van der Waals surface area contributed by atoms with Crippen molar-refractivity contribution in [1.29, 1.82) is 0 Å². The van der Waals surface area contributed by atoms with Crippen molar-refractivity contribution in [3.05, 3.63) is 107 Å². The molecule has 1 heterocycles. The molecule has 3 aromatic carbocycles. The van der Waals surface area contributed by atoms with Gasteiger partial charge in [-0.05, 0) is 48.9 Å². The molecular formula is C28H21NO6. The molecule has 35 heavy (non-hydrogen) atoms. The van der Waals surface area contributed by atoms with Crippen LogP contribution in [0.3, 0.4) is 0 Å². The first-order chi connectivity index (χ1) is 16.8. The number of Topliss-reactive ketones (excluding diaryl/α,β-unsaturated/α-hetero) is 2. The van der Waals surface area contributed by atoms with Crippen molar-refractivity contribution in [2.24, 2.45) is 5.92 Å². The number of esters is 1. The average Bonchev–Trinajstić information content (AvgIpc) is 3.20. The fraction of sp³-hybridized carbons (Fsp3) is 0.107. The second-order valence-corrected chi connectivity index (χ2v) is 7.99. The monoisotopic (exact) mass is 467 g/mol. The number of anilines is 1. The van der Waals surface area contributed by atoms with E-state index in [1.54, 1.807) is 48.5 Å². The molecule has 1 amide bonds. The Kier molecular flexibility index (Phi) is 6.78. The Labute approximate surface area is 201 Å². The molecule has 0 spiro atoms. The highest BCUT2D eigenvalue weighted by molar-refractivity contribution is 6.45. The van der Waals surface area contributed by atoms with E-state index in [9.17, 15) is 24.0 Å². The second kappa shape index (κ2) is 10.1. The number of hydrogen-bond donors (Lipinski definition) is 1. The average molecular weight is 467 g/mol. The third-order valence-corrected chi connectivity index (χ3v) is 5.63. The summed E-state index contributed by atoms with van der Waals surface area (Å²) in [4.78, 5) is 63.2. The van der Waals surface area contributed by atoms with Gasteiger partial charge in [-0.3, -0.25) is 19.2 Å². The molecule has 2 atom stereocenters. The molecule has 0 bridgehead atoms. The lowest BCUT2D eigenvalue weighted by Crippen LogP contribution is -2.37. The molecule has 4 rings (SSSR count). The Hall–Kier alpha value is -4.65. The van der Waals surface area contributed by atoms with E-state index in [1.165, 1.54) is 43.3 Å². The number of carbonyl (C=O) groups excluding carboxylic acids is 5. The Morgan fingerprint density at radius 2 is 1.54 bits per heavy atom. The molecule has 3 aromatic rings. The molecule has 7 nitrogen and oxygen atoms in total. The van der Waals surface area contributed by atoms with Gasteiger partial charge in [0.25, 0.3) is 5.91 Å². The molecule has 0 fully saturated rings. The molecule has 1 N–H and O–H groups in total. The Morgan fingerprint density at radius 3 is 2.23 bits per heavy atom. The first-order valence-corrected chi connectivity index (χ1v) is 10.9. The van der Waals surface area contributed by atoms with Crippen LogP contribution < -0.4 is 5.32 Å². The van der Waals surface area contributed by atoms with E-state index in [4.69, 9.17) is 4.74 Å². The van der Waals surface area contributed by atoms with Gasteiger partial charge in [0.1, 0.15) is 12.0 Å². The van der Waals surface area contributed by atoms with Crippen LogP contribution in [0.25, 0.3) is 6.08 Å². The maximum absolute atomic E-state index is 13.3. The van der Waals surface area contributed by atoms with Crippen molar-refractivity contribution in [3.63, 3.8) is 0 Å². The van der Waals surface area contributed by atoms with Crippen molar-refractivity contribution in [2.75, 3.05) is 5.32 Å². The molecule has 7 heteroatoms. The van der Waals surface area contributed by atoms with Gasteiger partial charge in [0.2, 0.25) is 5.78 Å². The van der Waals surface area contributed by atoms with Crippen LogP contribution in [0.4, 0.5) is 5.69 Å². The van der Waals surface area contributed by atoms with E-state index in [2.05, 4.69) is 5.32 Å². The normalized spacial score (nSPS) is 15.2. The summed E-state index contributed by atoms with van der Waals surface area (Å²) < 4.78 is 5.40. The van der Waals surface area contributed by atoms with E-state index in [0.29, 0.717) is 11.1 Å². The number of allylic oxidation sites excluding steroid dienone is 1. The number of rotatable bonds is 8. The van der Waals surface area contributed by atoms with Gasteiger partial charge >= 0.3 is 5.97 Å². The summed E-state index contributed by atoms with van der Waals surface area (Å²) in [6.07, 6.45) is 1.51. The number of fused-ring (bicyclic) bond motifs is 1. The van der Waals surface area contributed by atoms with Gasteiger partial charge < -0.3 is 10.1 Å². The van der Waals surface area contributed by atoms with Crippen LogP contribution in [0, 0.1) is 5.92 Å². The molecule has 0 aromatic heterocycles. The van der Waals surface area contributed by atoms with Crippen molar-refractivity contribution >= 4 is 41.0 Å². The Morgan fingerprint density at radius 1 is 0.886 bits per heavy atom. The highest BCUT2D eigenvalue weighted by atomic mass is 16.5. The highest BCUT2D eigenvalue weighted by Gasteiger charge is 2.45. The van der Waals surface area contributed by atoms with E-state index in [-0.39, 0.29) is 17.0 Å². The topological polar surface area (TPSA) is 107 Å². The Balaban J connectivity index is 1.63. The number of ketones is 3. The first kappa shape index (κ1) is 23.5. The summed E-state index contributed by atoms with van der Waals surface area (Å²) in [6, 6.07) is 21.4. The SMILES string of the molecule is CC(=O)c1ccc(NC(=O)C(=O)[C@@H](C(=O)/C=C\c2ccccc2)[C@H]2OC(=O)c3ccccc32)cc1. The van der Waals surface area contributed by atoms with Gasteiger partial charge in [0, 0.05) is 16.8 Å². The zero-order valence-corrected chi connectivity index (χ0v) is 18.8. The van der Waals surface area contributed by atoms with Gasteiger partial charge in [-0.25, -0.2) is 4.79 Å². The van der Waals surface area contributed by atoms with Gasteiger partial charge in [0.05, 0.1) is 5.56 Å². The number of cyclic esters (lactones) is 1. The number of amides is 1. The predicted molar refractivity (Wildman–Crippen MR) is 129 cm³/mol. The lowest BCUT2D eigenvalue weighted by Gasteiger charge is -2.19. The van der Waals surface area contributed by atoms with Crippen LogP contribution in [-0.2, 0) is 19.1 Å². The summed E-state index contributed by atoms with van der Waals surface area (Å²) >= 11 is 0. The zero-order chi connectivity index (χ0) is 24.9. The minimum absolute atomic E-state index is 0.142. The summed E-state index contributed by atoms with van der Waals surface area (Å²) in [5.41, 5.74) is 2.07. The molecule has 0 saturated heterocycles. The molecule has 0 aliphatic carbocycles. The van der Waals surface area contributed by atoms with Crippen LogP contribution in [0.5, 0.6) is 0 Å². The quantitative estimate of drug-likeness (QED) is 0.175. The predicted octanol–water partition coefficient (Wildman–Crippen LogP) is 4.21. The van der Waals surface area contributed by atoms with E-state index < -0.39 is 35.5 Å². The van der Waals surface area contributed by atoms with Crippen molar-refractivity contribution in [1.82, 2.24) is 0 Å². The number of nitrogens with one attached hydrogen (secondary N) is 1. The number of carbonyl (C=O) groups is 5. The van der Waals surface area contributed by atoms with Crippen molar-refractivity contribution in [3.8, 4) is 0 Å². The van der Waals surface area contributed by atoms with Crippen LogP contribution in [0.1, 0.15) is 44.9 Å². The number of ether oxygens (including phenoxy) is 1. The van der Waals surface area contributed by atoms with Crippen LogP contribution in [0.15, 0.2) is 84.9 Å². The number of hydrogen-bond acceptors (Lipinski definition) is 6. The summed E-state index contributed by atoms with van der Waals surface area (Å²) in [5, 5.41) is 2.46. The van der Waals surface area contributed by atoms with Crippen molar-refractivity contribution < 1.29 is 28.7 Å². The van der Waals surface area contributed by atoms with Crippen LogP contribution >= 0.6 is 0 Å². The largest absolute Gasteiger partial charge is 0.453 e. The van der Waals surface area contributed by atoms with Gasteiger partial charge in [-0.15, -0.1) is 0 Å². The third-order valence-electron chi connectivity index (χ3n) is 5.63. The fourth-order valence-electron chi connectivity index (χ4n) is 3.81. The summed E-state index contributed by atoms with van der Waals surface area (Å²) in [6.45, 7) is 1.41. The fourth-order valence-corrected chi connectivity index (χ4v) is 3.81. The standard InChI is InChI=1S/C28H21NO6/c1-17(30)19-12-14-20(15-13-19)29-27(33)25(32)24(23(31)16-11-18-7-3-2-4-8-18)26-21-9-5-6-10-22(21)28(34)35-26/h2-16,24,26H,1H3,(H,29,33)/b16-11-/t24-,26+/m1/s1. The van der Waals surface area contributed by atoms with E-state index in [0.717, 1.165) is 5.56 Å². The van der Waals surface area contributed by atoms with Gasteiger partial charge in [-0.1, -0.05) is 54.6 Å². The molecule has 174 valence electrons. The smallest absolute Gasteiger partial charge is 0.339 e. The molecule has 0 unspecified atom stereocenters. The zero-order valence-electron chi connectivity index (χ0n) is 18.8. The molecule has 0 saturated carbocycles.